The van der Waals surface area contributed by atoms with E-state index in [9.17, 15) is 8.42 Å². The summed E-state index contributed by atoms with van der Waals surface area (Å²) in [6.07, 6.45) is 4.80. The first-order chi connectivity index (χ1) is 9.62. The van der Waals surface area contributed by atoms with Crippen molar-refractivity contribution in [3.63, 3.8) is 0 Å². The summed E-state index contributed by atoms with van der Waals surface area (Å²) in [4.78, 5) is 2.49. The molecule has 0 unspecified atom stereocenters. The highest BCUT2D eigenvalue weighted by Gasteiger charge is 2.17. The van der Waals surface area contributed by atoms with Crippen LogP contribution in [0.5, 0.6) is 0 Å². The van der Waals surface area contributed by atoms with Gasteiger partial charge in [0, 0.05) is 6.54 Å². The molecule has 0 aliphatic carbocycles. The van der Waals surface area contributed by atoms with Gasteiger partial charge in [-0.05, 0) is 44.1 Å². The molecule has 0 atom stereocenters. The van der Waals surface area contributed by atoms with E-state index in [-0.39, 0.29) is 10.6 Å². The maximum atomic E-state index is 12.3. The smallest absolute Gasteiger partial charge is 0.179 e. The van der Waals surface area contributed by atoms with Crippen molar-refractivity contribution in [1.82, 2.24) is 4.90 Å². The Labute approximate surface area is 120 Å². The molecule has 2 rings (SSSR count). The number of nitriles is 1. The molecule has 20 heavy (non-hydrogen) atoms. The summed E-state index contributed by atoms with van der Waals surface area (Å²) >= 11 is 0. The molecule has 108 valence electrons. The maximum Gasteiger partial charge on any atom is 0.179 e. The predicted molar refractivity (Wildman–Crippen MR) is 78.1 cm³/mol. The van der Waals surface area contributed by atoms with Crippen LogP contribution in [0.3, 0.4) is 0 Å². The summed E-state index contributed by atoms with van der Waals surface area (Å²) in [7, 11) is -3.30. The molecule has 1 aromatic rings. The minimum atomic E-state index is -3.30. The number of hydrogen-bond donors (Lipinski definition) is 0. The third-order valence-corrected chi connectivity index (χ3v) is 5.39. The van der Waals surface area contributed by atoms with E-state index in [0.717, 1.165) is 25.9 Å². The van der Waals surface area contributed by atoms with E-state index >= 15 is 0 Å². The number of likely N-dealkylation sites (tertiary alicyclic amines) is 1. The molecule has 1 saturated heterocycles. The fourth-order valence-electron chi connectivity index (χ4n) is 2.49. The van der Waals surface area contributed by atoms with Gasteiger partial charge in [0.25, 0.3) is 0 Å². The maximum absolute atomic E-state index is 12.3. The lowest BCUT2D eigenvalue weighted by molar-refractivity contribution is 0.301. The minimum absolute atomic E-state index is 0.127. The molecule has 4 nitrogen and oxygen atoms in total. The Bertz CT molecular complexity index is 582. The van der Waals surface area contributed by atoms with Crippen molar-refractivity contribution >= 4 is 9.84 Å². The van der Waals surface area contributed by atoms with Crippen molar-refractivity contribution < 1.29 is 8.42 Å². The van der Waals surface area contributed by atoms with Crippen LogP contribution in [-0.4, -0.2) is 38.7 Å². The van der Waals surface area contributed by atoms with Crippen LogP contribution in [0.1, 0.15) is 31.2 Å². The van der Waals surface area contributed by atoms with E-state index in [1.54, 1.807) is 18.2 Å². The summed E-state index contributed by atoms with van der Waals surface area (Å²) in [6.45, 7) is 2.57. The Morgan fingerprint density at radius 1 is 1.15 bits per heavy atom. The lowest BCUT2D eigenvalue weighted by Gasteiger charge is -2.19. The summed E-state index contributed by atoms with van der Waals surface area (Å²) in [6, 6.07) is 8.24. The van der Waals surface area contributed by atoms with Crippen molar-refractivity contribution in [1.29, 1.82) is 5.26 Å². The zero-order valence-electron chi connectivity index (χ0n) is 11.6. The normalized spacial score (nSPS) is 17.4. The third-order valence-electron chi connectivity index (χ3n) is 3.70. The predicted octanol–water partition coefficient (Wildman–Crippen LogP) is 2.21. The van der Waals surface area contributed by atoms with Gasteiger partial charge in [-0.2, -0.15) is 5.26 Å². The summed E-state index contributed by atoms with van der Waals surface area (Å²) in [5.74, 6) is 0.127. The van der Waals surface area contributed by atoms with Crippen LogP contribution in [0.25, 0.3) is 0 Å². The van der Waals surface area contributed by atoms with E-state index in [1.807, 2.05) is 6.07 Å². The molecule has 0 amide bonds. The first kappa shape index (κ1) is 15.0. The van der Waals surface area contributed by atoms with Crippen LogP contribution in [-0.2, 0) is 9.84 Å². The lowest BCUT2D eigenvalue weighted by atomic mass is 10.2. The fourth-order valence-corrected chi connectivity index (χ4v) is 3.81. The molecule has 1 fully saturated rings. The molecule has 1 aliphatic heterocycles. The number of hydrogen-bond acceptors (Lipinski definition) is 4. The number of nitrogens with zero attached hydrogens (tertiary/aromatic N) is 2. The van der Waals surface area contributed by atoms with Crippen LogP contribution in [0.2, 0.25) is 0 Å². The number of benzene rings is 1. The number of sulfone groups is 1. The van der Waals surface area contributed by atoms with Crippen LogP contribution in [0, 0.1) is 11.3 Å². The molecule has 0 N–H and O–H groups in total. The Morgan fingerprint density at radius 3 is 2.50 bits per heavy atom. The van der Waals surface area contributed by atoms with E-state index < -0.39 is 9.84 Å². The van der Waals surface area contributed by atoms with Gasteiger partial charge in [-0.25, -0.2) is 8.42 Å². The Hall–Kier alpha value is -1.38. The number of rotatable bonds is 4. The Morgan fingerprint density at radius 2 is 1.85 bits per heavy atom. The second-order valence-corrected chi connectivity index (χ2v) is 7.32. The highest BCUT2D eigenvalue weighted by molar-refractivity contribution is 7.91. The van der Waals surface area contributed by atoms with Gasteiger partial charge in [-0.1, -0.05) is 18.9 Å². The van der Waals surface area contributed by atoms with Gasteiger partial charge in [0.15, 0.2) is 9.84 Å². The fraction of sp³-hybridized carbons (Fsp3) is 0.533. The van der Waals surface area contributed by atoms with Gasteiger partial charge in [-0.15, -0.1) is 0 Å². The molecule has 0 bridgehead atoms. The van der Waals surface area contributed by atoms with E-state index in [0.29, 0.717) is 12.1 Å². The van der Waals surface area contributed by atoms with Crippen LogP contribution in [0.4, 0.5) is 0 Å². The molecular formula is C15H20N2O2S. The quantitative estimate of drug-likeness (QED) is 0.853. The first-order valence-electron chi connectivity index (χ1n) is 7.07. The molecule has 1 aliphatic rings. The molecule has 0 aromatic heterocycles. The summed E-state index contributed by atoms with van der Waals surface area (Å²) < 4.78 is 24.6. The van der Waals surface area contributed by atoms with E-state index in [1.165, 1.54) is 18.9 Å². The zero-order valence-corrected chi connectivity index (χ0v) is 12.4. The Kier molecular flexibility index (Phi) is 5.16. The van der Waals surface area contributed by atoms with Crippen LogP contribution in [0.15, 0.2) is 29.2 Å². The van der Waals surface area contributed by atoms with Gasteiger partial charge in [0.05, 0.1) is 22.3 Å². The van der Waals surface area contributed by atoms with Gasteiger partial charge in [0.1, 0.15) is 0 Å². The average molecular weight is 292 g/mol. The molecule has 0 saturated carbocycles. The monoisotopic (exact) mass is 292 g/mol. The summed E-state index contributed by atoms with van der Waals surface area (Å²) in [5.41, 5.74) is 0.390. The average Bonchev–Trinajstić information content (AvgIpc) is 2.74. The molecular weight excluding hydrogens is 272 g/mol. The van der Waals surface area contributed by atoms with Gasteiger partial charge < -0.3 is 4.90 Å². The highest BCUT2D eigenvalue weighted by atomic mass is 32.2. The second kappa shape index (κ2) is 6.87. The molecule has 1 aromatic carbocycles. The molecule has 1 heterocycles. The highest BCUT2D eigenvalue weighted by Crippen LogP contribution is 2.15. The van der Waals surface area contributed by atoms with E-state index in [2.05, 4.69) is 4.90 Å². The van der Waals surface area contributed by atoms with Crippen molar-refractivity contribution in [3.05, 3.63) is 29.8 Å². The minimum Gasteiger partial charge on any atom is -0.302 e. The largest absolute Gasteiger partial charge is 0.302 e. The summed E-state index contributed by atoms with van der Waals surface area (Å²) in [5, 5.41) is 8.84. The SMILES string of the molecule is N#Cc1cccc(S(=O)(=O)CCN2CCCCCC2)c1. The van der Waals surface area contributed by atoms with E-state index in [4.69, 9.17) is 5.26 Å². The standard InChI is InChI=1S/C15H20N2O2S/c16-13-14-6-5-7-15(12-14)20(18,19)11-10-17-8-3-1-2-4-9-17/h5-7,12H,1-4,8-11H2. The first-order valence-corrected chi connectivity index (χ1v) is 8.72. The molecule has 5 heteroatoms. The third kappa shape index (κ3) is 4.06. The molecule has 0 spiro atoms. The van der Waals surface area contributed by atoms with Crippen molar-refractivity contribution in [2.45, 2.75) is 30.6 Å². The van der Waals surface area contributed by atoms with Crippen molar-refractivity contribution in [2.75, 3.05) is 25.4 Å². The zero-order chi connectivity index (χ0) is 14.4. The second-order valence-electron chi connectivity index (χ2n) is 5.21. The van der Waals surface area contributed by atoms with Gasteiger partial charge in [0.2, 0.25) is 0 Å². The van der Waals surface area contributed by atoms with Gasteiger partial charge in [-0.3, -0.25) is 0 Å². The Balaban J connectivity index is 2.01. The van der Waals surface area contributed by atoms with Crippen molar-refractivity contribution in [2.24, 2.45) is 0 Å². The van der Waals surface area contributed by atoms with Crippen molar-refractivity contribution in [3.8, 4) is 6.07 Å². The lowest BCUT2D eigenvalue weighted by Crippen LogP contribution is -2.30. The van der Waals surface area contributed by atoms with Crippen LogP contribution < -0.4 is 0 Å². The topological polar surface area (TPSA) is 61.2 Å². The molecule has 0 radical (unpaired) electrons. The van der Waals surface area contributed by atoms with Gasteiger partial charge >= 0.3 is 0 Å². The van der Waals surface area contributed by atoms with Crippen LogP contribution >= 0.6 is 0 Å².